The Morgan fingerprint density at radius 2 is 2.39 bits per heavy atom. The fraction of sp³-hybridized carbons (Fsp3) is 0.273. The Hall–Kier alpha value is -1.76. The van der Waals surface area contributed by atoms with E-state index >= 15 is 0 Å². The lowest BCUT2D eigenvalue weighted by Crippen LogP contribution is -2.24. The van der Waals surface area contributed by atoms with Crippen molar-refractivity contribution in [2.24, 2.45) is 0 Å². The van der Waals surface area contributed by atoms with Gasteiger partial charge in [-0.2, -0.15) is 0 Å². The van der Waals surface area contributed by atoms with E-state index in [0.717, 1.165) is 12.4 Å². The van der Waals surface area contributed by atoms with Gasteiger partial charge in [0.1, 0.15) is 10.9 Å². The summed E-state index contributed by atoms with van der Waals surface area (Å²) in [5, 5.41) is 10.5. The van der Waals surface area contributed by atoms with Gasteiger partial charge in [0, 0.05) is 18.3 Å². The number of aromatic nitrogens is 4. The van der Waals surface area contributed by atoms with E-state index in [1.165, 1.54) is 0 Å². The van der Waals surface area contributed by atoms with Crippen LogP contribution in [-0.4, -0.2) is 25.7 Å². The predicted molar refractivity (Wildman–Crippen MR) is 68.8 cm³/mol. The zero-order valence-electron chi connectivity index (χ0n) is 9.80. The molecule has 0 aliphatic carbocycles. The molecule has 0 atom stereocenters. The number of nitrogens with one attached hydrogen (secondary N) is 1. The lowest BCUT2D eigenvalue weighted by Gasteiger charge is -2.06. The number of amides is 1. The summed E-state index contributed by atoms with van der Waals surface area (Å²) in [5.41, 5.74) is 0.555. The van der Waals surface area contributed by atoms with Gasteiger partial charge in [0.25, 0.3) is 5.91 Å². The summed E-state index contributed by atoms with van der Waals surface area (Å²) < 4.78 is 2.51. The Bertz CT molecular complexity index is 554. The van der Waals surface area contributed by atoms with Gasteiger partial charge in [-0.3, -0.25) is 4.79 Å². The topological polar surface area (TPSA) is 72.7 Å². The van der Waals surface area contributed by atoms with Crippen LogP contribution in [0.1, 0.15) is 23.1 Å². The second kappa shape index (κ2) is 5.72. The largest absolute Gasteiger partial charge is 0.345 e. The SMILES string of the molecule is CCn1cnnc1CNC(=O)c1ccnc(Br)c1. The monoisotopic (exact) mass is 309 g/mol. The molecule has 2 aromatic rings. The van der Waals surface area contributed by atoms with E-state index in [1.54, 1.807) is 24.7 Å². The summed E-state index contributed by atoms with van der Waals surface area (Å²) in [5.74, 6) is 0.572. The van der Waals surface area contributed by atoms with E-state index in [1.807, 2.05) is 11.5 Å². The van der Waals surface area contributed by atoms with E-state index < -0.39 is 0 Å². The van der Waals surface area contributed by atoms with Gasteiger partial charge >= 0.3 is 0 Å². The van der Waals surface area contributed by atoms with E-state index in [2.05, 4.69) is 36.4 Å². The quantitative estimate of drug-likeness (QED) is 0.866. The number of carbonyl (C=O) groups excluding carboxylic acids is 1. The highest BCUT2D eigenvalue weighted by molar-refractivity contribution is 9.10. The Kier molecular flexibility index (Phi) is 4.03. The maximum Gasteiger partial charge on any atom is 0.251 e. The molecule has 7 heteroatoms. The van der Waals surface area contributed by atoms with Crippen molar-refractivity contribution in [1.29, 1.82) is 0 Å². The zero-order chi connectivity index (χ0) is 13.0. The van der Waals surface area contributed by atoms with E-state index in [0.29, 0.717) is 16.7 Å². The molecule has 0 fully saturated rings. The van der Waals surface area contributed by atoms with Crippen LogP contribution in [0.15, 0.2) is 29.3 Å². The highest BCUT2D eigenvalue weighted by Gasteiger charge is 2.08. The third-order valence-corrected chi connectivity index (χ3v) is 2.87. The Balaban J connectivity index is 2.00. The number of nitrogens with zero attached hydrogens (tertiary/aromatic N) is 4. The molecule has 0 saturated carbocycles. The Morgan fingerprint density at radius 3 is 3.11 bits per heavy atom. The summed E-state index contributed by atoms with van der Waals surface area (Å²) in [6.45, 7) is 3.13. The van der Waals surface area contributed by atoms with Crippen molar-refractivity contribution in [3.8, 4) is 0 Å². The molecule has 0 spiro atoms. The predicted octanol–water partition coefficient (Wildman–Crippen LogP) is 1.39. The van der Waals surface area contributed by atoms with Crippen LogP contribution >= 0.6 is 15.9 Å². The molecule has 0 unspecified atom stereocenters. The van der Waals surface area contributed by atoms with Crippen molar-refractivity contribution in [1.82, 2.24) is 25.1 Å². The number of carbonyl (C=O) groups is 1. The first-order valence-corrected chi connectivity index (χ1v) is 6.26. The number of hydrogen-bond acceptors (Lipinski definition) is 4. The van der Waals surface area contributed by atoms with Crippen LogP contribution in [0.25, 0.3) is 0 Å². The van der Waals surface area contributed by atoms with Crippen LogP contribution in [0, 0.1) is 0 Å². The fourth-order valence-electron chi connectivity index (χ4n) is 1.49. The lowest BCUT2D eigenvalue weighted by atomic mass is 10.2. The second-order valence-electron chi connectivity index (χ2n) is 3.58. The maximum atomic E-state index is 11.9. The van der Waals surface area contributed by atoms with Crippen LogP contribution in [0.5, 0.6) is 0 Å². The van der Waals surface area contributed by atoms with Crippen LogP contribution in [0.3, 0.4) is 0 Å². The standard InChI is InChI=1S/C11H12BrN5O/c1-2-17-7-15-16-10(17)6-14-11(18)8-3-4-13-9(12)5-8/h3-5,7H,2,6H2,1H3,(H,14,18). The third-order valence-electron chi connectivity index (χ3n) is 2.43. The van der Waals surface area contributed by atoms with Crippen LogP contribution < -0.4 is 5.32 Å². The normalized spacial score (nSPS) is 10.3. The van der Waals surface area contributed by atoms with Crippen molar-refractivity contribution >= 4 is 21.8 Å². The summed E-state index contributed by atoms with van der Waals surface area (Å²) in [4.78, 5) is 15.8. The number of aryl methyl sites for hydroxylation is 1. The maximum absolute atomic E-state index is 11.9. The molecule has 2 rings (SSSR count). The van der Waals surface area contributed by atoms with Crippen molar-refractivity contribution in [2.75, 3.05) is 0 Å². The first-order chi connectivity index (χ1) is 8.70. The molecule has 0 aliphatic rings. The molecule has 94 valence electrons. The first kappa shape index (κ1) is 12.7. The molecular weight excluding hydrogens is 298 g/mol. The van der Waals surface area contributed by atoms with Gasteiger partial charge in [0.15, 0.2) is 5.82 Å². The van der Waals surface area contributed by atoms with Crippen molar-refractivity contribution in [3.05, 3.63) is 40.6 Å². The number of hydrogen-bond donors (Lipinski definition) is 1. The van der Waals surface area contributed by atoms with Gasteiger partial charge in [-0.25, -0.2) is 4.98 Å². The molecule has 0 aromatic carbocycles. The summed E-state index contributed by atoms with van der Waals surface area (Å²) >= 11 is 3.23. The van der Waals surface area contributed by atoms with E-state index in [9.17, 15) is 4.79 Å². The first-order valence-electron chi connectivity index (χ1n) is 5.47. The van der Waals surface area contributed by atoms with Crippen molar-refractivity contribution in [3.63, 3.8) is 0 Å². The molecule has 0 saturated heterocycles. The van der Waals surface area contributed by atoms with Gasteiger partial charge in [-0.15, -0.1) is 10.2 Å². The minimum absolute atomic E-state index is 0.163. The molecule has 6 nitrogen and oxygen atoms in total. The molecule has 18 heavy (non-hydrogen) atoms. The average Bonchev–Trinajstić information content (AvgIpc) is 2.83. The highest BCUT2D eigenvalue weighted by atomic mass is 79.9. The molecule has 1 amide bonds. The molecule has 0 radical (unpaired) electrons. The lowest BCUT2D eigenvalue weighted by molar-refractivity contribution is 0.0949. The number of halogens is 1. The zero-order valence-corrected chi connectivity index (χ0v) is 11.4. The molecule has 0 aliphatic heterocycles. The molecular formula is C11H12BrN5O. The molecule has 2 heterocycles. The number of rotatable bonds is 4. The van der Waals surface area contributed by atoms with E-state index in [-0.39, 0.29) is 5.91 Å². The summed E-state index contributed by atoms with van der Waals surface area (Å²) in [6, 6.07) is 3.32. The molecule has 2 aromatic heterocycles. The molecule has 1 N–H and O–H groups in total. The van der Waals surface area contributed by atoms with Gasteiger partial charge in [0.2, 0.25) is 0 Å². The summed E-state index contributed by atoms with van der Waals surface area (Å²) in [7, 11) is 0. The highest BCUT2D eigenvalue weighted by Crippen LogP contribution is 2.08. The summed E-state index contributed by atoms with van der Waals surface area (Å²) in [6.07, 6.45) is 3.22. The Labute approximate surface area is 113 Å². The van der Waals surface area contributed by atoms with Crippen molar-refractivity contribution < 1.29 is 4.79 Å². The smallest absolute Gasteiger partial charge is 0.251 e. The third kappa shape index (κ3) is 2.92. The Morgan fingerprint density at radius 1 is 1.56 bits per heavy atom. The van der Waals surface area contributed by atoms with Crippen LogP contribution in [0.4, 0.5) is 0 Å². The fourth-order valence-corrected chi connectivity index (χ4v) is 1.85. The molecule has 0 bridgehead atoms. The second-order valence-corrected chi connectivity index (χ2v) is 4.40. The van der Waals surface area contributed by atoms with E-state index in [4.69, 9.17) is 0 Å². The minimum Gasteiger partial charge on any atom is -0.345 e. The number of pyridine rings is 1. The van der Waals surface area contributed by atoms with Crippen molar-refractivity contribution in [2.45, 2.75) is 20.0 Å². The van der Waals surface area contributed by atoms with Gasteiger partial charge in [-0.1, -0.05) is 0 Å². The van der Waals surface area contributed by atoms with Gasteiger partial charge in [0.05, 0.1) is 6.54 Å². The van der Waals surface area contributed by atoms with Gasteiger partial charge < -0.3 is 9.88 Å². The van der Waals surface area contributed by atoms with Crippen LogP contribution in [0.2, 0.25) is 0 Å². The van der Waals surface area contributed by atoms with Gasteiger partial charge in [-0.05, 0) is 35.0 Å². The van der Waals surface area contributed by atoms with Crippen LogP contribution in [-0.2, 0) is 13.1 Å². The average molecular weight is 310 g/mol. The minimum atomic E-state index is -0.163.